The Balaban J connectivity index is 1.35. The molecule has 2 fully saturated rings. The first kappa shape index (κ1) is 33.9. The molecule has 2 unspecified atom stereocenters. The van der Waals surface area contributed by atoms with E-state index in [9.17, 15) is 28.8 Å². The maximum absolute atomic E-state index is 13.5. The van der Waals surface area contributed by atoms with Crippen molar-refractivity contribution in [3.05, 3.63) is 71.8 Å². The number of nitrogens with two attached hydrogens (primary N) is 1. The van der Waals surface area contributed by atoms with Crippen molar-refractivity contribution in [2.75, 3.05) is 32.8 Å². The lowest BCUT2D eigenvalue weighted by atomic mass is 10.1. The van der Waals surface area contributed by atoms with Gasteiger partial charge in [-0.3, -0.25) is 29.4 Å². The number of rotatable bonds is 12. The van der Waals surface area contributed by atoms with Gasteiger partial charge in [-0.25, -0.2) is 9.80 Å². The third-order valence-corrected chi connectivity index (χ3v) is 7.33. The van der Waals surface area contributed by atoms with Crippen LogP contribution in [0.2, 0.25) is 0 Å². The Morgan fingerprint density at radius 2 is 1.33 bits per heavy atom. The standard InChI is InChI=1S/C31H39N7O8/c1-20(34-31(44)36-13-15-45-16-14-36)27(40)33-21(2)28(41)35-38(19-24(32)39)30(43)26-25(46-26)29(42)37(17-22-9-5-3-6-10-22)18-23-11-7-4-8-12-23/h3-12,20-21,25-26H,13-19H2,1-2H3,(H2,32,39)(H,33,40)(H,34,44)(H,35,41)/t20-,21-,25?,26?/m0/s1. The Hall–Kier alpha value is -5.02. The fourth-order valence-corrected chi connectivity index (χ4v) is 4.71. The number of ether oxygens (including phenoxy) is 2. The summed E-state index contributed by atoms with van der Waals surface area (Å²) in [7, 11) is 0. The second kappa shape index (κ2) is 15.8. The van der Waals surface area contributed by atoms with Crippen LogP contribution in [-0.2, 0) is 46.5 Å². The number of nitrogens with one attached hydrogen (secondary N) is 3. The fourth-order valence-electron chi connectivity index (χ4n) is 4.71. The van der Waals surface area contributed by atoms with Crippen LogP contribution < -0.4 is 21.8 Å². The van der Waals surface area contributed by atoms with E-state index >= 15 is 0 Å². The Labute approximate surface area is 266 Å². The van der Waals surface area contributed by atoms with Crippen LogP contribution >= 0.6 is 0 Å². The summed E-state index contributed by atoms with van der Waals surface area (Å²) in [6.45, 7) is 4.21. The van der Waals surface area contributed by atoms with Gasteiger partial charge < -0.3 is 35.6 Å². The summed E-state index contributed by atoms with van der Waals surface area (Å²) in [6, 6.07) is 16.1. The van der Waals surface area contributed by atoms with Gasteiger partial charge in [0.1, 0.15) is 18.6 Å². The van der Waals surface area contributed by atoms with E-state index in [1.165, 1.54) is 18.7 Å². The van der Waals surface area contributed by atoms with Gasteiger partial charge in [-0.2, -0.15) is 0 Å². The van der Waals surface area contributed by atoms with Crippen LogP contribution in [-0.4, -0.2) is 108 Å². The second-order valence-electron chi connectivity index (χ2n) is 11.0. The van der Waals surface area contributed by atoms with Crippen molar-refractivity contribution in [2.24, 2.45) is 5.73 Å². The predicted octanol–water partition coefficient (Wildman–Crippen LogP) is -0.737. The number of hydrogen-bond donors (Lipinski definition) is 4. The topological polar surface area (TPSA) is 196 Å². The molecule has 46 heavy (non-hydrogen) atoms. The fraction of sp³-hybridized carbons (Fsp3) is 0.419. The maximum atomic E-state index is 13.5. The number of hydrazine groups is 1. The Morgan fingerprint density at radius 3 is 1.87 bits per heavy atom. The first-order valence-corrected chi connectivity index (χ1v) is 14.9. The summed E-state index contributed by atoms with van der Waals surface area (Å²) in [4.78, 5) is 79.7. The third-order valence-electron chi connectivity index (χ3n) is 7.33. The quantitative estimate of drug-likeness (QED) is 0.173. The van der Waals surface area contributed by atoms with Crippen LogP contribution in [0.3, 0.4) is 0 Å². The molecule has 4 atom stereocenters. The number of benzene rings is 2. The van der Waals surface area contributed by atoms with E-state index in [-0.39, 0.29) is 13.1 Å². The molecule has 2 aliphatic heterocycles. The van der Waals surface area contributed by atoms with Gasteiger partial charge in [-0.15, -0.1) is 0 Å². The van der Waals surface area contributed by atoms with Crippen LogP contribution in [0.5, 0.6) is 0 Å². The molecule has 5 N–H and O–H groups in total. The molecule has 2 heterocycles. The summed E-state index contributed by atoms with van der Waals surface area (Å²) in [5, 5.41) is 5.70. The molecule has 0 aliphatic carbocycles. The van der Waals surface area contributed by atoms with Crippen LogP contribution in [0.15, 0.2) is 60.7 Å². The van der Waals surface area contributed by atoms with Crippen molar-refractivity contribution >= 4 is 35.6 Å². The minimum Gasteiger partial charge on any atom is -0.378 e. The normalized spacial score (nSPS) is 18.3. The average molecular weight is 638 g/mol. The highest BCUT2D eigenvalue weighted by atomic mass is 16.6. The molecule has 7 amide bonds. The zero-order valence-corrected chi connectivity index (χ0v) is 25.7. The van der Waals surface area contributed by atoms with Gasteiger partial charge in [0.25, 0.3) is 17.7 Å². The zero-order valence-electron chi connectivity index (χ0n) is 25.7. The maximum Gasteiger partial charge on any atom is 0.318 e. The van der Waals surface area contributed by atoms with Gasteiger partial charge in [0.15, 0.2) is 12.2 Å². The van der Waals surface area contributed by atoms with Gasteiger partial charge in [-0.05, 0) is 25.0 Å². The van der Waals surface area contributed by atoms with Crippen molar-refractivity contribution in [2.45, 2.75) is 51.2 Å². The van der Waals surface area contributed by atoms with Gasteiger partial charge in [0.2, 0.25) is 11.8 Å². The van der Waals surface area contributed by atoms with Gasteiger partial charge >= 0.3 is 6.03 Å². The summed E-state index contributed by atoms with van der Waals surface area (Å²) in [6.07, 6.45) is -2.40. The molecule has 2 aromatic rings. The lowest BCUT2D eigenvalue weighted by Crippen LogP contribution is -2.58. The Bertz CT molecular complexity index is 1360. The molecule has 0 spiro atoms. The molecule has 15 heteroatoms. The molecule has 0 aromatic heterocycles. The summed E-state index contributed by atoms with van der Waals surface area (Å²) in [5.74, 6) is -3.71. The largest absolute Gasteiger partial charge is 0.378 e. The minimum absolute atomic E-state index is 0.264. The summed E-state index contributed by atoms with van der Waals surface area (Å²) >= 11 is 0. The molecule has 2 aromatic carbocycles. The number of primary amides is 1. The summed E-state index contributed by atoms with van der Waals surface area (Å²) in [5.41, 5.74) is 9.37. The molecule has 2 aliphatic rings. The van der Waals surface area contributed by atoms with Crippen molar-refractivity contribution in [1.82, 2.24) is 30.9 Å². The lowest BCUT2D eigenvalue weighted by molar-refractivity contribution is -0.145. The van der Waals surface area contributed by atoms with E-state index in [0.29, 0.717) is 31.3 Å². The molecular formula is C31H39N7O8. The zero-order chi connectivity index (χ0) is 33.2. The van der Waals surface area contributed by atoms with E-state index < -0.39 is 66.4 Å². The highest BCUT2D eigenvalue weighted by molar-refractivity contribution is 5.98. The Kier molecular flexibility index (Phi) is 11.6. The molecule has 246 valence electrons. The van der Waals surface area contributed by atoms with Gasteiger partial charge in [0.05, 0.1) is 13.2 Å². The second-order valence-corrected chi connectivity index (χ2v) is 11.0. The van der Waals surface area contributed by atoms with Crippen molar-refractivity contribution in [1.29, 1.82) is 0 Å². The van der Waals surface area contributed by atoms with Crippen molar-refractivity contribution in [3.8, 4) is 0 Å². The van der Waals surface area contributed by atoms with Crippen LogP contribution in [0, 0.1) is 0 Å². The number of nitrogens with zero attached hydrogens (tertiary/aromatic N) is 3. The van der Waals surface area contributed by atoms with Crippen LogP contribution in [0.1, 0.15) is 25.0 Å². The molecule has 0 bridgehead atoms. The number of hydrogen-bond acceptors (Lipinski definition) is 8. The van der Waals surface area contributed by atoms with E-state index in [0.717, 1.165) is 11.1 Å². The first-order chi connectivity index (χ1) is 22.0. The number of carbonyl (C=O) groups is 6. The molecule has 0 radical (unpaired) electrons. The smallest absolute Gasteiger partial charge is 0.318 e. The molecule has 0 saturated carbocycles. The SMILES string of the molecule is C[C@H](NC(=O)[C@H](C)NC(=O)N1CCOCC1)C(=O)NN(CC(N)=O)C(=O)C1OC1C(=O)N(Cc1ccccc1)Cc1ccccc1. The van der Waals surface area contributed by atoms with E-state index in [1.807, 2.05) is 60.7 Å². The van der Waals surface area contributed by atoms with Crippen LogP contribution in [0.4, 0.5) is 4.79 Å². The molecule has 2 saturated heterocycles. The van der Waals surface area contributed by atoms with Gasteiger partial charge in [-0.1, -0.05) is 60.7 Å². The number of amides is 7. The molecule has 15 nitrogen and oxygen atoms in total. The number of carbonyl (C=O) groups excluding carboxylic acids is 6. The number of epoxide rings is 1. The highest BCUT2D eigenvalue weighted by Gasteiger charge is 2.53. The third kappa shape index (κ3) is 9.49. The monoisotopic (exact) mass is 637 g/mol. The number of urea groups is 1. The van der Waals surface area contributed by atoms with Crippen LogP contribution in [0.25, 0.3) is 0 Å². The number of morpholine rings is 1. The first-order valence-electron chi connectivity index (χ1n) is 14.9. The molecule has 4 rings (SSSR count). The average Bonchev–Trinajstić information content (AvgIpc) is 3.85. The predicted molar refractivity (Wildman–Crippen MR) is 163 cm³/mol. The minimum atomic E-state index is -1.26. The van der Waals surface area contributed by atoms with E-state index in [1.54, 1.807) is 4.90 Å². The highest BCUT2D eigenvalue weighted by Crippen LogP contribution is 2.27. The van der Waals surface area contributed by atoms with Crippen molar-refractivity contribution in [3.63, 3.8) is 0 Å². The van der Waals surface area contributed by atoms with E-state index in [2.05, 4.69) is 16.1 Å². The lowest BCUT2D eigenvalue weighted by Gasteiger charge is -2.28. The van der Waals surface area contributed by atoms with Crippen molar-refractivity contribution < 1.29 is 38.2 Å². The van der Waals surface area contributed by atoms with Gasteiger partial charge in [0, 0.05) is 26.2 Å². The molecular weight excluding hydrogens is 598 g/mol. The summed E-state index contributed by atoms with van der Waals surface area (Å²) < 4.78 is 10.7. The van der Waals surface area contributed by atoms with E-state index in [4.69, 9.17) is 15.2 Å². The Morgan fingerprint density at radius 1 is 0.804 bits per heavy atom.